The van der Waals surface area contributed by atoms with Gasteiger partial charge < -0.3 is 10.2 Å². The molecule has 0 saturated carbocycles. The molecule has 3 nitrogen and oxygen atoms in total. The molecule has 4 heteroatoms. The van der Waals surface area contributed by atoms with Crippen molar-refractivity contribution in [2.24, 2.45) is 0 Å². The highest BCUT2D eigenvalue weighted by atomic mass is 19.1. The van der Waals surface area contributed by atoms with Crippen LogP contribution in [0.2, 0.25) is 0 Å². The van der Waals surface area contributed by atoms with E-state index in [1.54, 1.807) is 17.0 Å². The largest absolute Gasteiger partial charge is 0.338 e. The molecule has 0 bridgehead atoms. The molecule has 1 aromatic rings. The third kappa shape index (κ3) is 2.72. The molecular formula is C12H15FN2O. The van der Waals surface area contributed by atoms with Gasteiger partial charge in [0.05, 0.1) is 0 Å². The average molecular weight is 222 g/mol. The minimum atomic E-state index is -0.223. The van der Waals surface area contributed by atoms with Crippen molar-refractivity contribution in [3.8, 4) is 0 Å². The fourth-order valence-electron chi connectivity index (χ4n) is 1.81. The number of carbonyl (C=O) groups excluding carboxylic acids is 1. The van der Waals surface area contributed by atoms with Crippen molar-refractivity contribution in [3.05, 3.63) is 35.6 Å². The number of rotatable bonds is 3. The highest BCUT2D eigenvalue weighted by Gasteiger charge is 2.16. The van der Waals surface area contributed by atoms with Crippen LogP contribution < -0.4 is 5.32 Å². The average Bonchev–Trinajstić information content (AvgIpc) is 2.30. The van der Waals surface area contributed by atoms with Crippen molar-refractivity contribution in [2.45, 2.75) is 12.8 Å². The first kappa shape index (κ1) is 10.9. The topological polar surface area (TPSA) is 32.3 Å². The summed E-state index contributed by atoms with van der Waals surface area (Å²) in [6, 6.07) is 6.43. The molecule has 2 amide bonds. The van der Waals surface area contributed by atoms with Crippen molar-refractivity contribution >= 4 is 6.03 Å². The Morgan fingerprint density at radius 2 is 2.06 bits per heavy atom. The fraction of sp³-hybridized carbons (Fsp3) is 0.417. The molecule has 86 valence electrons. The van der Waals surface area contributed by atoms with Crippen molar-refractivity contribution in [1.82, 2.24) is 10.2 Å². The van der Waals surface area contributed by atoms with Gasteiger partial charge >= 0.3 is 6.03 Å². The number of hydrogen-bond acceptors (Lipinski definition) is 1. The normalized spacial score (nSPS) is 16.1. The first-order chi connectivity index (χ1) is 7.75. The third-order valence-electron chi connectivity index (χ3n) is 2.75. The van der Waals surface area contributed by atoms with Crippen LogP contribution in [0.15, 0.2) is 24.3 Å². The summed E-state index contributed by atoms with van der Waals surface area (Å²) >= 11 is 0. The summed E-state index contributed by atoms with van der Waals surface area (Å²) < 4.78 is 12.7. The molecular weight excluding hydrogens is 207 g/mol. The van der Waals surface area contributed by atoms with Crippen LogP contribution in [0.3, 0.4) is 0 Å². The van der Waals surface area contributed by atoms with Crippen LogP contribution in [0.1, 0.15) is 12.0 Å². The Kier molecular flexibility index (Phi) is 3.39. The summed E-state index contributed by atoms with van der Waals surface area (Å²) in [6.45, 7) is 2.27. The van der Waals surface area contributed by atoms with Crippen LogP contribution in [-0.4, -0.2) is 30.6 Å². The van der Waals surface area contributed by atoms with Crippen LogP contribution in [-0.2, 0) is 6.42 Å². The second-order valence-electron chi connectivity index (χ2n) is 3.95. The van der Waals surface area contributed by atoms with Crippen LogP contribution in [0.25, 0.3) is 0 Å². The van der Waals surface area contributed by atoms with Crippen molar-refractivity contribution in [2.75, 3.05) is 19.6 Å². The predicted octanol–water partition coefficient (Wildman–Crippen LogP) is 1.78. The number of carbonyl (C=O) groups is 1. The number of amides is 2. The number of benzene rings is 1. The van der Waals surface area contributed by atoms with E-state index in [4.69, 9.17) is 0 Å². The Bertz CT molecular complexity index is 364. The molecule has 0 aliphatic carbocycles. The maximum atomic E-state index is 12.7. The standard InChI is InChI=1S/C12H15FN2O/c13-11-4-2-10(3-5-11)6-9-15-8-1-7-14-12(15)16/h2-5H,1,6-9H2,(H,14,16). The van der Waals surface area contributed by atoms with Crippen molar-refractivity contribution in [1.29, 1.82) is 0 Å². The Balaban J connectivity index is 1.86. The zero-order valence-electron chi connectivity index (χ0n) is 9.08. The quantitative estimate of drug-likeness (QED) is 0.830. The van der Waals surface area contributed by atoms with Gasteiger partial charge in [0, 0.05) is 19.6 Å². The molecule has 0 unspecified atom stereocenters. The predicted molar refractivity (Wildman–Crippen MR) is 59.7 cm³/mol. The smallest absolute Gasteiger partial charge is 0.317 e. The number of halogens is 1. The molecule has 1 heterocycles. The second-order valence-corrected chi connectivity index (χ2v) is 3.95. The van der Waals surface area contributed by atoms with E-state index in [1.807, 2.05) is 0 Å². The van der Waals surface area contributed by atoms with E-state index < -0.39 is 0 Å². The fourth-order valence-corrected chi connectivity index (χ4v) is 1.81. The number of urea groups is 1. The molecule has 16 heavy (non-hydrogen) atoms. The summed E-state index contributed by atoms with van der Waals surface area (Å²) in [5, 5.41) is 2.80. The second kappa shape index (κ2) is 4.96. The van der Waals surface area contributed by atoms with Gasteiger partial charge in [-0.2, -0.15) is 0 Å². The molecule has 1 aliphatic heterocycles. The minimum absolute atomic E-state index is 0.00774. The minimum Gasteiger partial charge on any atom is -0.338 e. The summed E-state index contributed by atoms with van der Waals surface area (Å²) in [6.07, 6.45) is 1.77. The summed E-state index contributed by atoms with van der Waals surface area (Å²) in [5.41, 5.74) is 1.06. The van der Waals surface area contributed by atoms with E-state index >= 15 is 0 Å². The lowest BCUT2D eigenvalue weighted by molar-refractivity contribution is 0.187. The highest BCUT2D eigenvalue weighted by molar-refractivity contribution is 5.74. The Hall–Kier alpha value is -1.58. The van der Waals surface area contributed by atoms with Gasteiger partial charge in [0.25, 0.3) is 0 Å². The summed E-state index contributed by atoms with van der Waals surface area (Å²) in [7, 11) is 0. The van der Waals surface area contributed by atoms with Gasteiger partial charge in [0.1, 0.15) is 5.82 Å². The van der Waals surface area contributed by atoms with Gasteiger partial charge in [-0.3, -0.25) is 0 Å². The highest BCUT2D eigenvalue weighted by Crippen LogP contribution is 2.06. The summed E-state index contributed by atoms with van der Waals surface area (Å²) in [5.74, 6) is -0.223. The van der Waals surface area contributed by atoms with Crippen molar-refractivity contribution < 1.29 is 9.18 Å². The lowest BCUT2D eigenvalue weighted by Crippen LogP contribution is -2.47. The van der Waals surface area contributed by atoms with E-state index in [2.05, 4.69) is 5.32 Å². The van der Waals surface area contributed by atoms with Crippen LogP contribution >= 0.6 is 0 Å². The number of nitrogens with zero attached hydrogens (tertiary/aromatic N) is 1. The molecule has 2 rings (SSSR count). The van der Waals surface area contributed by atoms with E-state index in [0.29, 0.717) is 6.54 Å². The van der Waals surface area contributed by atoms with Crippen molar-refractivity contribution in [3.63, 3.8) is 0 Å². The molecule has 0 aromatic heterocycles. The summed E-state index contributed by atoms with van der Waals surface area (Å²) in [4.78, 5) is 13.2. The molecule has 0 atom stereocenters. The number of hydrogen-bond donors (Lipinski definition) is 1. The third-order valence-corrected chi connectivity index (χ3v) is 2.75. The zero-order valence-corrected chi connectivity index (χ0v) is 9.08. The Labute approximate surface area is 94.3 Å². The molecule has 1 saturated heterocycles. The SMILES string of the molecule is O=C1NCCCN1CCc1ccc(F)cc1. The molecule has 1 N–H and O–H groups in total. The molecule has 0 spiro atoms. The zero-order chi connectivity index (χ0) is 11.4. The molecule has 1 aliphatic rings. The van der Waals surface area contributed by atoms with Gasteiger partial charge in [-0.15, -0.1) is 0 Å². The maximum Gasteiger partial charge on any atom is 0.317 e. The van der Waals surface area contributed by atoms with Gasteiger partial charge in [0.2, 0.25) is 0 Å². The lowest BCUT2D eigenvalue weighted by Gasteiger charge is -2.27. The monoisotopic (exact) mass is 222 g/mol. The van der Waals surface area contributed by atoms with Gasteiger partial charge in [-0.25, -0.2) is 9.18 Å². The van der Waals surface area contributed by atoms with Crippen LogP contribution in [0.4, 0.5) is 9.18 Å². The van der Waals surface area contributed by atoms with Gasteiger partial charge in [-0.05, 0) is 30.5 Å². The van der Waals surface area contributed by atoms with E-state index in [9.17, 15) is 9.18 Å². The Morgan fingerprint density at radius 1 is 1.31 bits per heavy atom. The van der Waals surface area contributed by atoms with E-state index in [0.717, 1.165) is 31.5 Å². The first-order valence-corrected chi connectivity index (χ1v) is 5.53. The van der Waals surface area contributed by atoms with Gasteiger partial charge in [-0.1, -0.05) is 12.1 Å². The van der Waals surface area contributed by atoms with Crippen LogP contribution in [0.5, 0.6) is 0 Å². The van der Waals surface area contributed by atoms with Crippen LogP contribution in [0, 0.1) is 5.82 Å². The molecule has 0 radical (unpaired) electrons. The first-order valence-electron chi connectivity index (χ1n) is 5.53. The molecule has 1 aromatic carbocycles. The van der Waals surface area contributed by atoms with E-state index in [1.165, 1.54) is 12.1 Å². The van der Waals surface area contributed by atoms with E-state index in [-0.39, 0.29) is 11.8 Å². The Morgan fingerprint density at radius 3 is 2.75 bits per heavy atom. The molecule has 1 fully saturated rings. The maximum absolute atomic E-state index is 12.7. The van der Waals surface area contributed by atoms with Gasteiger partial charge in [0.15, 0.2) is 0 Å². The lowest BCUT2D eigenvalue weighted by atomic mass is 10.1. The number of nitrogens with one attached hydrogen (secondary N) is 1.